The van der Waals surface area contributed by atoms with E-state index in [2.05, 4.69) is 19.8 Å². The fraction of sp³-hybridized carbons (Fsp3) is 0.105. The molecule has 0 saturated carbocycles. The number of oxazole rings is 1. The van der Waals surface area contributed by atoms with Gasteiger partial charge in [0.25, 0.3) is 10.0 Å². The number of nitrogens with one attached hydrogen (secondary N) is 1. The lowest BCUT2D eigenvalue weighted by Gasteiger charge is -2.06. The number of aromatic nitrogens is 4. The molecular formula is C19H17N5O3S. The molecule has 1 aromatic carbocycles. The van der Waals surface area contributed by atoms with Crippen molar-refractivity contribution in [2.24, 2.45) is 0 Å². The summed E-state index contributed by atoms with van der Waals surface area (Å²) in [6.45, 7) is 2.27. The lowest BCUT2D eigenvalue weighted by molar-refractivity contribution is 0.521. The van der Waals surface area contributed by atoms with Crippen LogP contribution < -0.4 is 4.72 Å². The van der Waals surface area contributed by atoms with Crippen molar-refractivity contribution in [1.82, 2.24) is 19.7 Å². The number of rotatable bonds is 6. The molecule has 0 aliphatic rings. The van der Waals surface area contributed by atoms with Crippen molar-refractivity contribution in [3.63, 3.8) is 0 Å². The largest absolute Gasteiger partial charge is 0.449 e. The van der Waals surface area contributed by atoms with Crippen LogP contribution in [0.1, 0.15) is 11.5 Å². The van der Waals surface area contributed by atoms with Crippen LogP contribution in [0.25, 0.3) is 11.3 Å². The number of pyridine rings is 1. The van der Waals surface area contributed by atoms with Crippen LogP contribution in [0, 0.1) is 6.92 Å². The van der Waals surface area contributed by atoms with Crippen LogP contribution in [0.15, 0.2) is 76.6 Å². The number of aryl methyl sites for hydroxylation is 1. The maximum atomic E-state index is 12.6. The third-order valence-electron chi connectivity index (χ3n) is 4.05. The molecule has 0 saturated heterocycles. The van der Waals surface area contributed by atoms with E-state index in [4.69, 9.17) is 4.42 Å². The molecule has 0 bridgehead atoms. The molecule has 3 heterocycles. The molecule has 0 aliphatic carbocycles. The van der Waals surface area contributed by atoms with Crippen LogP contribution in [0.3, 0.4) is 0 Å². The first-order valence-electron chi connectivity index (χ1n) is 8.47. The Hall–Kier alpha value is -3.46. The van der Waals surface area contributed by atoms with Crippen molar-refractivity contribution in [2.45, 2.75) is 18.4 Å². The minimum Gasteiger partial charge on any atom is -0.449 e. The quantitative estimate of drug-likeness (QED) is 0.538. The molecule has 0 atom stereocenters. The van der Waals surface area contributed by atoms with Crippen LogP contribution in [0.4, 0.5) is 5.82 Å². The standard InChI is InChI=1S/C19H17N5O3S/c1-14-21-18(13-27-14)16-2-4-17(5-3-16)28(25,26)23-19-8-11-24(22-19)12-15-6-9-20-10-7-15/h2-11,13H,12H2,1H3,(H,22,23). The number of anilines is 1. The summed E-state index contributed by atoms with van der Waals surface area (Å²) in [7, 11) is -3.75. The Morgan fingerprint density at radius 2 is 1.82 bits per heavy atom. The molecule has 0 fully saturated rings. The van der Waals surface area contributed by atoms with Gasteiger partial charge in [-0.3, -0.25) is 14.4 Å². The minimum atomic E-state index is -3.75. The van der Waals surface area contributed by atoms with Gasteiger partial charge in [0.05, 0.1) is 11.4 Å². The lowest BCUT2D eigenvalue weighted by atomic mass is 10.2. The Morgan fingerprint density at radius 1 is 1.07 bits per heavy atom. The van der Waals surface area contributed by atoms with Crippen LogP contribution in [-0.4, -0.2) is 28.2 Å². The van der Waals surface area contributed by atoms with Crippen molar-refractivity contribution in [3.05, 3.63) is 78.8 Å². The SMILES string of the molecule is Cc1nc(-c2ccc(S(=O)(=O)Nc3ccn(Cc4ccncc4)n3)cc2)co1. The van der Waals surface area contributed by atoms with Gasteiger partial charge in [0, 0.05) is 37.1 Å². The fourth-order valence-corrected chi connectivity index (χ4v) is 3.67. The summed E-state index contributed by atoms with van der Waals surface area (Å²) >= 11 is 0. The molecule has 4 rings (SSSR count). The lowest BCUT2D eigenvalue weighted by Crippen LogP contribution is -2.13. The molecule has 8 nitrogen and oxygen atoms in total. The normalized spacial score (nSPS) is 11.5. The molecule has 9 heteroatoms. The Morgan fingerprint density at radius 3 is 2.50 bits per heavy atom. The summed E-state index contributed by atoms with van der Waals surface area (Å²) < 4.78 is 34.6. The van der Waals surface area contributed by atoms with Crippen LogP contribution >= 0.6 is 0 Å². The van der Waals surface area contributed by atoms with Crippen molar-refractivity contribution in [3.8, 4) is 11.3 Å². The van der Waals surface area contributed by atoms with Gasteiger partial charge < -0.3 is 4.42 Å². The highest BCUT2D eigenvalue weighted by molar-refractivity contribution is 7.92. The van der Waals surface area contributed by atoms with Gasteiger partial charge in [-0.1, -0.05) is 12.1 Å². The summed E-state index contributed by atoms with van der Waals surface area (Å²) in [5.41, 5.74) is 2.45. The first kappa shape index (κ1) is 17.9. The van der Waals surface area contributed by atoms with E-state index < -0.39 is 10.0 Å². The minimum absolute atomic E-state index is 0.139. The third kappa shape index (κ3) is 3.94. The van der Waals surface area contributed by atoms with Gasteiger partial charge >= 0.3 is 0 Å². The molecule has 3 aromatic heterocycles. The average molecular weight is 395 g/mol. The first-order chi connectivity index (χ1) is 13.5. The average Bonchev–Trinajstić information content (AvgIpc) is 3.31. The van der Waals surface area contributed by atoms with E-state index in [1.165, 1.54) is 18.4 Å². The van der Waals surface area contributed by atoms with Gasteiger partial charge in [0.1, 0.15) is 12.0 Å². The highest BCUT2D eigenvalue weighted by Crippen LogP contribution is 2.22. The van der Waals surface area contributed by atoms with E-state index >= 15 is 0 Å². The van der Waals surface area contributed by atoms with Gasteiger partial charge in [-0.2, -0.15) is 5.10 Å². The van der Waals surface area contributed by atoms with E-state index in [9.17, 15) is 8.42 Å². The summed E-state index contributed by atoms with van der Waals surface area (Å²) in [4.78, 5) is 8.34. The molecule has 0 spiro atoms. The van der Waals surface area contributed by atoms with Crippen LogP contribution in [0.2, 0.25) is 0 Å². The zero-order valence-electron chi connectivity index (χ0n) is 15.0. The van der Waals surface area contributed by atoms with Gasteiger partial charge in [-0.05, 0) is 29.8 Å². The van der Waals surface area contributed by atoms with Gasteiger partial charge in [0.2, 0.25) is 0 Å². The monoisotopic (exact) mass is 395 g/mol. The molecule has 0 radical (unpaired) electrons. The zero-order chi connectivity index (χ0) is 19.6. The summed E-state index contributed by atoms with van der Waals surface area (Å²) in [6.07, 6.45) is 6.65. The van der Waals surface area contributed by atoms with E-state index in [0.29, 0.717) is 18.1 Å². The van der Waals surface area contributed by atoms with Crippen molar-refractivity contribution in [2.75, 3.05) is 4.72 Å². The van der Waals surface area contributed by atoms with Crippen molar-refractivity contribution >= 4 is 15.8 Å². The molecule has 0 amide bonds. The summed E-state index contributed by atoms with van der Waals surface area (Å²) in [5, 5.41) is 4.27. The van der Waals surface area contributed by atoms with Gasteiger partial charge in [-0.15, -0.1) is 0 Å². The van der Waals surface area contributed by atoms with Crippen molar-refractivity contribution in [1.29, 1.82) is 0 Å². The van der Waals surface area contributed by atoms with Crippen LogP contribution in [-0.2, 0) is 16.6 Å². The predicted molar refractivity (Wildman–Crippen MR) is 103 cm³/mol. The van der Waals surface area contributed by atoms with E-state index in [0.717, 1.165) is 11.1 Å². The van der Waals surface area contributed by atoms with E-state index in [1.54, 1.807) is 48.4 Å². The van der Waals surface area contributed by atoms with E-state index in [1.807, 2.05) is 12.1 Å². The predicted octanol–water partition coefficient (Wildman–Crippen LogP) is 3.09. The number of nitrogens with zero attached hydrogens (tertiary/aromatic N) is 4. The summed E-state index contributed by atoms with van der Waals surface area (Å²) in [5.74, 6) is 0.806. The first-order valence-corrected chi connectivity index (χ1v) is 9.96. The second kappa shape index (κ2) is 7.28. The number of hydrogen-bond donors (Lipinski definition) is 1. The maximum absolute atomic E-state index is 12.6. The number of hydrogen-bond acceptors (Lipinski definition) is 6. The van der Waals surface area contributed by atoms with Crippen LogP contribution in [0.5, 0.6) is 0 Å². The highest BCUT2D eigenvalue weighted by atomic mass is 32.2. The Bertz CT molecular complexity index is 1180. The molecule has 4 aromatic rings. The second-order valence-corrected chi connectivity index (χ2v) is 7.82. The fourth-order valence-electron chi connectivity index (χ4n) is 2.68. The topological polar surface area (TPSA) is 103 Å². The van der Waals surface area contributed by atoms with Gasteiger partial charge in [0.15, 0.2) is 11.7 Å². The molecule has 28 heavy (non-hydrogen) atoms. The maximum Gasteiger partial charge on any atom is 0.263 e. The summed E-state index contributed by atoms with van der Waals surface area (Å²) in [6, 6.07) is 11.8. The Kier molecular flexibility index (Phi) is 4.66. The smallest absolute Gasteiger partial charge is 0.263 e. The van der Waals surface area contributed by atoms with Crippen molar-refractivity contribution < 1.29 is 12.8 Å². The molecule has 1 N–H and O–H groups in total. The van der Waals surface area contributed by atoms with E-state index in [-0.39, 0.29) is 10.7 Å². The molecule has 142 valence electrons. The molecule has 0 unspecified atom stereocenters. The zero-order valence-corrected chi connectivity index (χ0v) is 15.8. The Labute approximate surface area is 161 Å². The third-order valence-corrected chi connectivity index (χ3v) is 5.42. The highest BCUT2D eigenvalue weighted by Gasteiger charge is 2.16. The van der Waals surface area contributed by atoms with Gasteiger partial charge in [-0.25, -0.2) is 13.4 Å². The Balaban J connectivity index is 1.48. The number of benzene rings is 1. The molecular weight excluding hydrogens is 378 g/mol. The molecule has 0 aliphatic heterocycles. The second-order valence-electron chi connectivity index (χ2n) is 6.14. The number of sulfonamides is 1.